The van der Waals surface area contributed by atoms with Crippen LogP contribution in [-0.4, -0.2) is 34.7 Å². The smallest absolute Gasteiger partial charge is 0.269 e. The van der Waals surface area contributed by atoms with Gasteiger partial charge in [-0.3, -0.25) is 4.57 Å². The number of imidazole rings is 1. The van der Waals surface area contributed by atoms with Gasteiger partial charge in [0.1, 0.15) is 12.4 Å². The zero-order chi connectivity index (χ0) is 24.2. The molecule has 0 aliphatic heterocycles. The van der Waals surface area contributed by atoms with E-state index >= 15 is 0 Å². The zero-order valence-electron chi connectivity index (χ0n) is 21.4. The van der Waals surface area contributed by atoms with Crippen LogP contribution in [0.2, 0.25) is 19.6 Å². The number of hydrogen-bond acceptors (Lipinski definition) is 4. The third-order valence-corrected chi connectivity index (χ3v) is 10.2. The summed E-state index contributed by atoms with van der Waals surface area (Å²) < 4.78 is 15.7. The average Bonchev–Trinajstić information content (AvgIpc) is 3.23. The predicted octanol–water partition coefficient (Wildman–Crippen LogP) is 7.00. The van der Waals surface area contributed by atoms with E-state index in [2.05, 4.69) is 64.6 Å². The van der Waals surface area contributed by atoms with Crippen LogP contribution < -0.4 is 0 Å². The summed E-state index contributed by atoms with van der Waals surface area (Å²) in [5.74, 6) is 1.48. The molecule has 0 bridgehead atoms. The van der Waals surface area contributed by atoms with Gasteiger partial charge in [-0.05, 0) is 87.6 Å². The molecule has 3 aliphatic rings. The molecule has 0 saturated heterocycles. The Morgan fingerprint density at radius 1 is 1.24 bits per heavy atom. The first kappa shape index (κ1) is 24.9. The Morgan fingerprint density at radius 3 is 2.58 bits per heavy atom. The summed E-state index contributed by atoms with van der Waals surface area (Å²) in [6.07, 6.45) is 13.9. The summed E-state index contributed by atoms with van der Waals surface area (Å²) in [5.41, 5.74) is 1.05. The molecule has 6 heteroatoms. The van der Waals surface area contributed by atoms with Gasteiger partial charge in [0.2, 0.25) is 0 Å². The topological polar surface area (TPSA) is 36.3 Å². The van der Waals surface area contributed by atoms with Crippen LogP contribution in [0.15, 0.2) is 43.5 Å². The third kappa shape index (κ3) is 4.21. The molecule has 3 fully saturated rings. The summed E-state index contributed by atoms with van der Waals surface area (Å²) in [7, 11) is -1.84. The number of nitrogens with zero attached hydrogens (tertiary/aromatic N) is 2. The summed E-state index contributed by atoms with van der Waals surface area (Å²) in [4.78, 5) is 4.14. The Hall–Kier alpha value is -1.24. The Labute approximate surface area is 207 Å². The lowest BCUT2D eigenvalue weighted by Crippen LogP contribution is -2.69. The average molecular weight is 487 g/mol. The molecule has 0 N–H and O–H groups in total. The fourth-order valence-corrected chi connectivity index (χ4v) is 9.44. The van der Waals surface area contributed by atoms with Crippen molar-refractivity contribution in [3.63, 3.8) is 0 Å². The molecule has 4 rings (SSSR count). The lowest BCUT2D eigenvalue weighted by Gasteiger charge is -2.69. The highest BCUT2D eigenvalue weighted by atomic mass is 32.1. The van der Waals surface area contributed by atoms with Crippen molar-refractivity contribution in [1.82, 2.24) is 9.55 Å². The molecule has 1 aromatic heterocycles. The maximum absolute atomic E-state index is 7.39. The Kier molecular flexibility index (Phi) is 6.37. The first-order valence-corrected chi connectivity index (χ1v) is 16.4. The van der Waals surface area contributed by atoms with Crippen LogP contribution in [0.4, 0.5) is 0 Å². The van der Waals surface area contributed by atoms with Crippen LogP contribution in [0, 0.1) is 28.6 Å². The van der Waals surface area contributed by atoms with Crippen molar-refractivity contribution in [3.8, 4) is 0 Å². The molecule has 3 aliphatic carbocycles. The Bertz CT molecular complexity index is 925. The van der Waals surface area contributed by atoms with Crippen LogP contribution in [0.5, 0.6) is 0 Å². The number of ether oxygens (including phenoxy) is 1. The second-order valence-electron chi connectivity index (χ2n) is 12.5. The second-order valence-corrected chi connectivity index (χ2v) is 17.2. The van der Waals surface area contributed by atoms with E-state index in [9.17, 15) is 0 Å². The van der Waals surface area contributed by atoms with Crippen LogP contribution in [-0.2, 0) is 9.16 Å². The Balaban J connectivity index is 1.80. The van der Waals surface area contributed by atoms with Crippen molar-refractivity contribution >= 4 is 25.7 Å². The molecule has 0 amide bonds. The molecule has 182 valence electrons. The zero-order valence-corrected chi connectivity index (χ0v) is 23.2. The first-order chi connectivity index (χ1) is 15.3. The lowest BCUT2D eigenvalue weighted by atomic mass is 9.40. The molecule has 0 spiro atoms. The number of allylic oxidation sites excluding steroid dienone is 1. The van der Waals surface area contributed by atoms with Gasteiger partial charge in [-0.15, -0.1) is 6.58 Å². The normalized spacial score (nSPS) is 41.1. The van der Waals surface area contributed by atoms with Gasteiger partial charge in [0.15, 0.2) is 8.32 Å². The van der Waals surface area contributed by atoms with Gasteiger partial charge in [0, 0.05) is 23.7 Å². The van der Waals surface area contributed by atoms with Crippen LogP contribution in [0.25, 0.3) is 0 Å². The molecule has 33 heavy (non-hydrogen) atoms. The molecule has 0 radical (unpaired) electrons. The van der Waals surface area contributed by atoms with Crippen LogP contribution in [0.3, 0.4) is 0 Å². The van der Waals surface area contributed by atoms with E-state index in [0.717, 1.165) is 25.7 Å². The summed E-state index contributed by atoms with van der Waals surface area (Å²) in [6, 6.07) is 0. The van der Waals surface area contributed by atoms with E-state index in [4.69, 9.17) is 21.4 Å². The first-order valence-electron chi connectivity index (χ1n) is 12.5. The highest BCUT2D eigenvalue weighted by Crippen LogP contribution is 2.69. The van der Waals surface area contributed by atoms with Crippen molar-refractivity contribution in [2.24, 2.45) is 28.6 Å². The van der Waals surface area contributed by atoms with Crippen molar-refractivity contribution in [1.29, 1.82) is 0 Å². The number of aromatic nitrogens is 2. The molecule has 3 saturated carbocycles. The van der Waals surface area contributed by atoms with Gasteiger partial charge in [-0.2, -0.15) is 0 Å². The number of fused-ring (bicyclic) bond motifs is 3. The summed E-state index contributed by atoms with van der Waals surface area (Å²) in [5, 5.41) is 0.472. The number of thiocarbonyl (C=S) groups is 1. The molecule has 0 aromatic carbocycles. The molecule has 1 heterocycles. The van der Waals surface area contributed by atoms with E-state index in [-0.39, 0.29) is 22.5 Å². The standard InChI is InChI=1S/C27H42N2O2SSi/c1-9-25(4)16-21(30-24(32)29-13-12-28-18-29)17-26(5)23(25)14-20(3)22-11-10-19(2)15-27(22,26)31-33(6,7)8/h9,12-13,18-19,21-23H,1,3,10-11,14-17H2,2,4-8H3/t19-,21+,22+,23-,25+,26-,27+/m1/s1. The van der Waals surface area contributed by atoms with E-state index in [1.54, 1.807) is 17.1 Å². The SMILES string of the molecule is C=C[C@@]1(C)C[C@H](OC(=S)n2ccnc2)C[C@]2(C)[C@@H]1CC(=C)[C@@H]1CC[C@@H](C)C[C@]12O[Si](C)(C)C. The molecule has 0 unspecified atom stereocenters. The summed E-state index contributed by atoms with van der Waals surface area (Å²) in [6.45, 7) is 23.3. The van der Waals surface area contributed by atoms with E-state index in [0.29, 0.717) is 22.9 Å². The molecule has 4 nitrogen and oxygen atoms in total. The van der Waals surface area contributed by atoms with Crippen LogP contribution in [0.1, 0.15) is 59.3 Å². The minimum Gasteiger partial charge on any atom is -0.467 e. The summed E-state index contributed by atoms with van der Waals surface area (Å²) >= 11 is 5.65. The van der Waals surface area contributed by atoms with E-state index < -0.39 is 8.32 Å². The monoisotopic (exact) mass is 486 g/mol. The fraction of sp³-hybridized carbons (Fsp3) is 0.704. The highest BCUT2D eigenvalue weighted by molar-refractivity contribution is 7.80. The van der Waals surface area contributed by atoms with Crippen molar-refractivity contribution < 1.29 is 9.16 Å². The maximum Gasteiger partial charge on any atom is 0.269 e. The van der Waals surface area contributed by atoms with Crippen molar-refractivity contribution in [2.75, 3.05) is 0 Å². The maximum atomic E-state index is 7.39. The van der Waals surface area contributed by atoms with Gasteiger partial charge >= 0.3 is 0 Å². The van der Waals surface area contributed by atoms with Crippen LogP contribution >= 0.6 is 12.2 Å². The third-order valence-electron chi connectivity index (χ3n) is 8.91. The van der Waals surface area contributed by atoms with Gasteiger partial charge in [-0.1, -0.05) is 39.0 Å². The predicted molar refractivity (Wildman–Crippen MR) is 142 cm³/mol. The molecular formula is C27H42N2O2SSi. The largest absolute Gasteiger partial charge is 0.467 e. The van der Waals surface area contributed by atoms with Gasteiger partial charge in [-0.25, -0.2) is 4.98 Å². The quantitative estimate of drug-likeness (QED) is 0.261. The van der Waals surface area contributed by atoms with Gasteiger partial charge in [0.25, 0.3) is 5.17 Å². The molecular weight excluding hydrogens is 444 g/mol. The number of hydrogen-bond donors (Lipinski definition) is 0. The van der Waals surface area contributed by atoms with Crippen molar-refractivity contribution in [2.45, 2.75) is 90.6 Å². The molecule has 1 aromatic rings. The second kappa shape index (κ2) is 8.45. The van der Waals surface area contributed by atoms with Gasteiger partial charge in [0.05, 0.1) is 5.60 Å². The van der Waals surface area contributed by atoms with Gasteiger partial charge < -0.3 is 9.16 Å². The Morgan fingerprint density at radius 2 is 1.97 bits per heavy atom. The minimum atomic E-state index is -1.84. The van der Waals surface area contributed by atoms with E-state index in [1.807, 2.05) is 6.20 Å². The van der Waals surface area contributed by atoms with Crippen molar-refractivity contribution in [3.05, 3.63) is 43.5 Å². The minimum absolute atomic E-state index is 0.00973. The van der Waals surface area contributed by atoms with E-state index in [1.165, 1.54) is 18.4 Å². The lowest BCUT2D eigenvalue weighted by molar-refractivity contribution is -0.214. The molecule has 7 atom stereocenters. The number of rotatable bonds is 4. The fourth-order valence-electron chi connectivity index (χ4n) is 7.65. The highest BCUT2D eigenvalue weighted by Gasteiger charge is 2.68.